The van der Waals surface area contributed by atoms with E-state index in [1.54, 1.807) is 7.11 Å². The zero-order chi connectivity index (χ0) is 15.0. The highest BCUT2D eigenvalue weighted by Crippen LogP contribution is 2.19. The van der Waals surface area contributed by atoms with Crippen LogP contribution in [0.4, 0.5) is 0 Å². The molecule has 0 amide bonds. The van der Waals surface area contributed by atoms with Gasteiger partial charge in [-0.2, -0.15) is 5.26 Å². The van der Waals surface area contributed by atoms with Gasteiger partial charge >= 0.3 is 0 Å². The Kier molecular flexibility index (Phi) is 7.06. The Balaban J connectivity index is 2.62. The average molecular weight is 276 g/mol. The predicted octanol–water partition coefficient (Wildman–Crippen LogP) is 2.91. The quantitative estimate of drug-likeness (QED) is 0.793. The van der Waals surface area contributed by atoms with Crippen molar-refractivity contribution in [2.24, 2.45) is 5.92 Å². The zero-order valence-electron chi connectivity index (χ0n) is 12.7. The molecule has 1 aromatic carbocycles. The summed E-state index contributed by atoms with van der Waals surface area (Å²) in [5.74, 6) is 1.23. The van der Waals surface area contributed by atoms with Crippen LogP contribution >= 0.6 is 0 Å². The highest BCUT2D eigenvalue weighted by molar-refractivity contribution is 5.29. The van der Waals surface area contributed by atoms with Crippen molar-refractivity contribution in [1.82, 2.24) is 5.32 Å². The number of methoxy groups -OCH3 is 1. The zero-order valence-corrected chi connectivity index (χ0v) is 12.7. The molecule has 0 fully saturated rings. The third kappa shape index (κ3) is 5.20. The summed E-state index contributed by atoms with van der Waals surface area (Å²) in [6, 6.07) is 10.4. The minimum absolute atomic E-state index is 0.0798. The van der Waals surface area contributed by atoms with Crippen molar-refractivity contribution in [2.45, 2.75) is 32.9 Å². The predicted molar refractivity (Wildman–Crippen MR) is 79.6 cm³/mol. The number of benzene rings is 1. The number of hydrogen-bond donors (Lipinski definition) is 1. The molecule has 0 spiro atoms. The van der Waals surface area contributed by atoms with Crippen molar-refractivity contribution < 1.29 is 9.47 Å². The van der Waals surface area contributed by atoms with E-state index in [2.05, 4.69) is 26.1 Å². The fourth-order valence-electron chi connectivity index (χ4n) is 2.00. The van der Waals surface area contributed by atoms with Crippen molar-refractivity contribution in [3.05, 3.63) is 29.8 Å². The van der Waals surface area contributed by atoms with Gasteiger partial charge in [0, 0.05) is 19.2 Å². The molecule has 4 heteroatoms. The first-order chi connectivity index (χ1) is 9.58. The standard InChI is InChI=1S/C16H24N2O2/c1-12(2)16(11-19-4)18-13(3)14-5-7-15(8-6-14)20-10-9-17/h5-8,12-13,16,18H,10-11H2,1-4H3. The molecule has 1 rings (SSSR count). The lowest BCUT2D eigenvalue weighted by molar-refractivity contribution is 0.141. The van der Waals surface area contributed by atoms with Gasteiger partial charge in [-0.25, -0.2) is 0 Å². The lowest BCUT2D eigenvalue weighted by Crippen LogP contribution is -2.39. The average Bonchev–Trinajstić information content (AvgIpc) is 2.45. The Bertz CT molecular complexity index is 423. The van der Waals surface area contributed by atoms with Gasteiger partial charge in [-0.15, -0.1) is 0 Å². The molecule has 2 atom stereocenters. The summed E-state index contributed by atoms with van der Waals surface area (Å²) in [4.78, 5) is 0. The number of nitrogens with one attached hydrogen (secondary N) is 1. The van der Waals surface area contributed by atoms with Crippen LogP contribution in [0, 0.1) is 17.2 Å². The van der Waals surface area contributed by atoms with Crippen LogP contribution in [0.3, 0.4) is 0 Å². The maximum absolute atomic E-state index is 8.48. The van der Waals surface area contributed by atoms with Gasteiger partial charge in [0.15, 0.2) is 6.61 Å². The maximum atomic E-state index is 8.48. The summed E-state index contributed by atoms with van der Waals surface area (Å²) < 4.78 is 10.5. The Morgan fingerprint density at radius 3 is 2.35 bits per heavy atom. The van der Waals surface area contributed by atoms with E-state index in [0.29, 0.717) is 18.6 Å². The Morgan fingerprint density at radius 2 is 1.85 bits per heavy atom. The monoisotopic (exact) mass is 276 g/mol. The molecule has 0 heterocycles. The normalized spacial score (nSPS) is 13.8. The molecule has 1 N–H and O–H groups in total. The number of nitrogens with zero attached hydrogens (tertiary/aromatic N) is 1. The van der Waals surface area contributed by atoms with Crippen molar-refractivity contribution in [3.63, 3.8) is 0 Å². The first-order valence-corrected chi connectivity index (χ1v) is 6.93. The van der Waals surface area contributed by atoms with Crippen molar-refractivity contribution in [2.75, 3.05) is 20.3 Å². The van der Waals surface area contributed by atoms with E-state index in [4.69, 9.17) is 14.7 Å². The van der Waals surface area contributed by atoms with Gasteiger partial charge in [0.2, 0.25) is 0 Å². The lowest BCUT2D eigenvalue weighted by atomic mass is 10.0. The second-order valence-electron chi connectivity index (χ2n) is 5.21. The molecule has 4 nitrogen and oxygen atoms in total. The van der Waals surface area contributed by atoms with E-state index in [9.17, 15) is 0 Å². The molecule has 2 unspecified atom stereocenters. The molecule has 110 valence electrons. The summed E-state index contributed by atoms with van der Waals surface area (Å²) >= 11 is 0. The molecular weight excluding hydrogens is 252 g/mol. The topological polar surface area (TPSA) is 54.3 Å². The van der Waals surface area contributed by atoms with E-state index < -0.39 is 0 Å². The number of nitriles is 1. The number of hydrogen-bond acceptors (Lipinski definition) is 4. The Labute approximate surface area is 121 Å². The van der Waals surface area contributed by atoms with E-state index in [1.807, 2.05) is 30.3 Å². The SMILES string of the molecule is COCC(NC(C)c1ccc(OCC#N)cc1)C(C)C. The molecule has 0 radical (unpaired) electrons. The van der Waals surface area contributed by atoms with Crippen LogP contribution in [0.5, 0.6) is 5.75 Å². The van der Waals surface area contributed by atoms with Gasteiger partial charge in [0.1, 0.15) is 11.8 Å². The van der Waals surface area contributed by atoms with Crippen LogP contribution in [0.2, 0.25) is 0 Å². The fraction of sp³-hybridized carbons (Fsp3) is 0.562. The third-order valence-electron chi connectivity index (χ3n) is 3.30. The maximum Gasteiger partial charge on any atom is 0.174 e. The summed E-state index contributed by atoms with van der Waals surface area (Å²) in [6.07, 6.45) is 0. The minimum atomic E-state index is 0.0798. The van der Waals surface area contributed by atoms with E-state index in [0.717, 1.165) is 5.75 Å². The van der Waals surface area contributed by atoms with E-state index >= 15 is 0 Å². The molecule has 0 bridgehead atoms. The molecule has 0 saturated heterocycles. The van der Waals surface area contributed by atoms with Gasteiger partial charge in [0.05, 0.1) is 6.61 Å². The first-order valence-electron chi connectivity index (χ1n) is 6.93. The minimum Gasteiger partial charge on any atom is -0.479 e. The molecule has 20 heavy (non-hydrogen) atoms. The lowest BCUT2D eigenvalue weighted by Gasteiger charge is -2.26. The highest BCUT2D eigenvalue weighted by Gasteiger charge is 2.16. The summed E-state index contributed by atoms with van der Waals surface area (Å²) in [6.45, 7) is 7.28. The third-order valence-corrected chi connectivity index (χ3v) is 3.30. The van der Waals surface area contributed by atoms with Crippen LogP contribution in [-0.4, -0.2) is 26.4 Å². The summed E-state index contributed by atoms with van der Waals surface area (Å²) in [5.41, 5.74) is 1.19. The van der Waals surface area contributed by atoms with Crippen molar-refractivity contribution >= 4 is 0 Å². The molecule has 1 aromatic rings. The largest absolute Gasteiger partial charge is 0.479 e. The Hall–Kier alpha value is -1.57. The van der Waals surface area contributed by atoms with Crippen LogP contribution in [0.1, 0.15) is 32.4 Å². The molecule has 0 aliphatic heterocycles. The number of ether oxygens (including phenoxy) is 2. The highest BCUT2D eigenvalue weighted by atomic mass is 16.5. The van der Waals surface area contributed by atoms with Crippen LogP contribution in [-0.2, 0) is 4.74 Å². The van der Waals surface area contributed by atoms with Crippen LogP contribution in [0.25, 0.3) is 0 Å². The molecular formula is C16H24N2O2. The van der Waals surface area contributed by atoms with Crippen LogP contribution < -0.4 is 10.1 Å². The number of rotatable bonds is 8. The van der Waals surface area contributed by atoms with Gasteiger partial charge in [-0.1, -0.05) is 26.0 Å². The van der Waals surface area contributed by atoms with Gasteiger partial charge < -0.3 is 14.8 Å². The summed E-state index contributed by atoms with van der Waals surface area (Å²) in [7, 11) is 1.73. The molecule has 0 saturated carbocycles. The second kappa shape index (κ2) is 8.57. The molecule has 0 aromatic heterocycles. The molecule has 0 aliphatic carbocycles. The van der Waals surface area contributed by atoms with Crippen LogP contribution in [0.15, 0.2) is 24.3 Å². The molecule has 0 aliphatic rings. The fourth-order valence-corrected chi connectivity index (χ4v) is 2.00. The second-order valence-corrected chi connectivity index (χ2v) is 5.21. The van der Waals surface area contributed by atoms with Gasteiger partial charge in [0.25, 0.3) is 0 Å². The smallest absolute Gasteiger partial charge is 0.174 e. The van der Waals surface area contributed by atoms with E-state index in [1.165, 1.54) is 5.56 Å². The van der Waals surface area contributed by atoms with Crippen molar-refractivity contribution in [3.8, 4) is 11.8 Å². The van der Waals surface area contributed by atoms with E-state index in [-0.39, 0.29) is 12.6 Å². The summed E-state index contributed by atoms with van der Waals surface area (Å²) in [5, 5.41) is 12.1. The Morgan fingerprint density at radius 1 is 1.20 bits per heavy atom. The van der Waals surface area contributed by atoms with Gasteiger partial charge in [-0.3, -0.25) is 0 Å². The first kappa shape index (κ1) is 16.5. The van der Waals surface area contributed by atoms with Gasteiger partial charge in [-0.05, 0) is 30.5 Å². The van der Waals surface area contributed by atoms with Crippen molar-refractivity contribution in [1.29, 1.82) is 5.26 Å².